The molecular formula is C15H21BrN2. The van der Waals surface area contributed by atoms with Crippen molar-refractivity contribution in [2.45, 2.75) is 46.1 Å². The molecule has 18 heavy (non-hydrogen) atoms. The van der Waals surface area contributed by atoms with Crippen LogP contribution in [-0.2, 0) is 0 Å². The molecule has 1 rings (SSSR count). The summed E-state index contributed by atoms with van der Waals surface area (Å²) in [4.78, 5) is 2.43. The lowest BCUT2D eigenvalue weighted by molar-refractivity contribution is 0.595. The smallest absolute Gasteiger partial charge is 0.100 e. The largest absolute Gasteiger partial charge is 0.369 e. The molecule has 2 nitrogen and oxygen atoms in total. The second-order valence-electron chi connectivity index (χ2n) is 4.58. The second kappa shape index (κ2) is 7.43. The Morgan fingerprint density at radius 2 is 2.11 bits per heavy atom. The number of benzene rings is 1. The zero-order valence-electron chi connectivity index (χ0n) is 11.4. The highest BCUT2D eigenvalue weighted by Crippen LogP contribution is 2.26. The van der Waals surface area contributed by atoms with E-state index >= 15 is 0 Å². The highest BCUT2D eigenvalue weighted by atomic mass is 79.9. The van der Waals surface area contributed by atoms with Crippen molar-refractivity contribution in [1.29, 1.82) is 5.26 Å². The van der Waals surface area contributed by atoms with Gasteiger partial charge in [0.25, 0.3) is 0 Å². The first-order valence-corrected chi connectivity index (χ1v) is 7.39. The Labute approximate surface area is 119 Å². The van der Waals surface area contributed by atoms with Crippen LogP contribution in [0.3, 0.4) is 0 Å². The maximum Gasteiger partial charge on any atom is 0.100 e. The first kappa shape index (κ1) is 15.0. The van der Waals surface area contributed by atoms with Gasteiger partial charge in [0, 0.05) is 22.7 Å². The average molecular weight is 309 g/mol. The Balaban J connectivity index is 2.98. The zero-order chi connectivity index (χ0) is 13.5. The lowest BCUT2D eigenvalue weighted by atomic mass is 10.1. The van der Waals surface area contributed by atoms with Gasteiger partial charge in [-0.25, -0.2) is 0 Å². The van der Waals surface area contributed by atoms with Gasteiger partial charge in [-0.05, 0) is 53.9 Å². The van der Waals surface area contributed by atoms with Crippen molar-refractivity contribution in [3.05, 3.63) is 28.2 Å². The van der Waals surface area contributed by atoms with Gasteiger partial charge in [0.2, 0.25) is 0 Å². The molecule has 98 valence electrons. The molecule has 0 aliphatic heterocycles. The summed E-state index contributed by atoms with van der Waals surface area (Å²) in [5.74, 6) is 0. The number of nitriles is 1. The van der Waals surface area contributed by atoms with Crippen LogP contribution in [0.4, 0.5) is 5.69 Å². The molecule has 0 aromatic heterocycles. The van der Waals surface area contributed by atoms with Crippen LogP contribution in [0, 0.1) is 11.3 Å². The fourth-order valence-electron chi connectivity index (χ4n) is 1.93. The van der Waals surface area contributed by atoms with Gasteiger partial charge in [0.1, 0.15) is 6.07 Å². The van der Waals surface area contributed by atoms with Crippen molar-refractivity contribution in [2.24, 2.45) is 0 Å². The van der Waals surface area contributed by atoms with E-state index in [2.05, 4.69) is 53.7 Å². The summed E-state index contributed by atoms with van der Waals surface area (Å²) < 4.78 is 0.882. The van der Waals surface area contributed by atoms with Gasteiger partial charge in [-0.15, -0.1) is 0 Å². The average Bonchev–Trinajstić information content (AvgIpc) is 2.39. The van der Waals surface area contributed by atoms with Gasteiger partial charge in [-0.2, -0.15) is 5.26 Å². The quantitative estimate of drug-likeness (QED) is 0.760. The van der Waals surface area contributed by atoms with Crippen molar-refractivity contribution < 1.29 is 0 Å². The van der Waals surface area contributed by atoms with Gasteiger partial charge in [0.15, 0.2) is 0 Å². The van der Waals surface area contributed by atoms with E-state index in [1.165, 1.54) is 18.5 Å². The topological polar surface area (TPSA) is 27.0 Å². The molecule has 0 aliphatic rings. The Bertz CT molecular complexity index is 423. The third-order valence-corrected chi connectivity index (χ3v) is 3.94. The van der Waals surface area contributed by atoms with Crippen LogP contribution in [0.15, 0.2) is 22.7 Å². The molecular weight excluding hydrogens is 288 g/mol. The molecule has 0 heterocycles. The number of hydrogen-bond acceptors (Lipinski definition) is 2. The summed E-state index contributed by atoms with van der Waals surface area (Å²) in [6.45, 7) is 7.75. The summed E-state index contributed by atoms with van der Waals surface area (Å²) in [6.07, 6.45) is 3.52. The standard InChI is InChI=1S/C15H21BrN2/c1-4-6-9-18(12(3)5-2)14-8-7-13(11-17)15(16)10-14/h7-8,10,12H,4-6,9H2,1-3H3. The highest BCUT2D eigenvalue weighted by Gasteiger charge is 2.13. The van der Waals surface area contributed by atoms with E-state index in [1.807, 2.05) is 12.1 Å². The second-order valence-corrected chi connectivity index (χ2v) is 5.43. The van der Waals surface area contributed by atoms with Gasteiger partial charge < -0.3 is 4.90 Å². The molecule has 0 amide bonds. The number of halogens is 1. The van der Waals surface area contributed by atoms with Gasteiger partial charge in [-0.1, -0.05) is 20.3 Å². The van der Waals surface area contributed by atoms with E-state index in [0.29, 0.717) is 11.6 Å². The van der Waals surface area contributed by atoms with Crippen LogP contribution >= 0.6 is 15.9 Å². The first-order valence-electron chi connectivity index (χ1n) is 6.60. The molecule has 0 radical (unpaired) electrons. The summed E-state index contributed by atoms with van der Waals surface area (Å²) >= 11 is 3.47. The molecule has 0 N–H and O–H groups in total. The number of anilines is 1. The van der Waals surface area contributed by atoms with Crippen molar-refractivity contribution in [3.8, 4) is 6.07 Å². The summed E-state index contributed by atoms with van der Waals surface area (Å²) in [5, 5.41) is 8.95. The van der Waals surface area contributed by atoms with E-state index in [4.69, 9.17) is 5.26 Å². The van der Waals surface area contributed by atoms with E-state index < -0.39 is 0 Å². The minimum atomic E-state index is 0.524. The zero-order valence-corrected chi connectivity index (χ0v) is 13.0. The van der Waals surface area contributed by atoms with Gasteiger partial charge >= 0.3 is 0 Å². The molecule has 1 aromatic rings. The molecule has 1 atom stereocenters. The fourth-order valence-corrected chi connectivity index (χ4v) is 2.38. The molecule has 0 aliphatic carbocycles. The molecule has 0 saturated carbocycles. The van der Waals surface area contributed by atoms with E-state index in [0.717, 1.165) is 17.4 Å². The molecule has 3 heteroatoms. The SMILES string of the molecule is CCCCN(c1ccc(C#N)c(Br)c1)C(C)CC. The number of unbranched alkanes of at least 4 members (excludes halogenated alkanes) is 1. The third-order valence-electron chi connectivity index (χ3n) is 3.28. The number of nitrogens with zero attached hydrogens (tertiary/aromatic N) is 2. The van der Waals surface area contributed by atoms with E-state index in [9.17, 15) is 0 Å². The molecule has 1 aromatic carbocycles. The monoisotopic (exact) mass is 308 g/mol. The van der Waals surface area contributed by atoms with Crippen molar-refractivity contribution in [3.63, 3.8) is 0 Å². The lowest BCUT2D eigenvalue weighted by Gasteiger charge is -2.31. The van der Waals surface area contributed by atoms with Crippen molar-refractivity contribution >= 4 is 21.6 Å². The van der Waals surface area contributed by atoms with Crippen LogP contribution in [0.2, 0.25) is 0 Å². The first-order chi connectivity index (χ1) is 8.63. The molecule has 1 unspecified atom stereocenters. The van der Waals surface area contributed by atoms with E-state index in [-0.39, 0.29) is 0 Å². The van der Waals surface area contributed by atoms with Gasteiger partial charge in [-0.3, -0.25) is 0 Å². The van der Waals surface area contributed by atoms with E-state index in [1.54, 1.807) is 0 Å². The Kier molecular flexibility index (Phi) is 6.21. The fraction of sp³-hybridized carbons (Fsp3) is 0.533. The normalized spacial score (nSPS) is 11.9. The maximum atomic E-state index is 8.95. The summed E-state index contributed by atoms with van der Waals surface area (Å²) in [6, 6.07) is 8.70. The Hall–Kier alpha value is -1.01. The molecule has 0 fully saturated rings. The van der Waals surface area contributed by atoms with Crippen molar-refractivity contribution in [2.75, 3.05) is 11.4 Å². The molecule has 0 bridgehead atoms. The highest BCUT2D eigenvalue weighted by molar-refractivity contribution is 9.10. The lowest BCUT2D eigenvalue weighted by Crippen LogP contribution is -2.33. The summed E-state index contributed by atoms with van der Waals surface area (Å²) in [5.41, 5.74) is 1.89. The minimum absolute atomic E-state index is 0.524. The minimum Gasteiger partial charge on any atom is -0.369 e. The molecule has 0 spiro atoms. The Morgan fingerprint density at radius 3 is 2.61 bits per heavy atom. The predicted molar refractivity (Wildman–Crippen MR) is 80.9 cm³/mol. The number of hydrogen-bond donors (Lipinski definition) is 0. The van der Waals surface area contributed by atoms with Crippen LogP contribution in [0.25, 0.3) is 0 Å². The van der Waals surface area contributed by atoms with Crippen LogP contribution in [0.5, 0.6) is 0 Å². The molecule has 0 saturated heterocycles. The third kappa shape index (κ3) is 3.74. The predicted octanol–water partition coefficient (Wildman–Crippen LogP) is 4.73. The van der Waals surface area contributed by atoms with Crippen LogP contribution < -0.4 is 4.90 Å². The number of rotatable bonds is 6. The summed E-state index contributed by atoms with van der Waals surface area (Å²) in [7, 11) is 0. The van der Waals surface area contributed by atoms with Crippen LogP contribution in [-0.4, -0.2) is 12.6 Å². The Morgan fingerprint density at radius 1 is 1.39 bits per heavy atom. The van der Waals surface area contributed by atoms with Crippen LogP contribution in [0.1, 0.15) is 45.6 Å². The van der Waals surface area contributed by atoms with Gasteiger partial charge in [0.05, 0.1) is 5.56 Å². The van der Waals surface area contributed by atoms with Crippen molar-refractivity contribution in [1.82, 2.24) is 0 Å². The maximum absolute atomic E-state index is 8.95.